The van der Waals surface area contributed by atoms with Gasteiger partial charge in [0.1, 0.15) is 5.54 Å². The Kier molecular flexibility index (Phi) is 5.27. The minimum absolute atomic E-state index is 0.0561. The van der Waals surface area contributed by atoms with E-state index in [4.69, 9.17) is 0 Å². The van der Waals surface area contributed by atoms with Crippen LogP contribution in [0.15, 0.2) is 5.38 Å². The number of aromatic nitrogens is 1. The summed E-state index contributed by atoms with van der Waals surface area (Å²) in [6.07, 6.45) is 1.69. The number of likely N-dealkylation sites (tertiary alicyclic amines) is 1. The van der Waals surface area contributed by atoms with Gasteiger partial charge in [-0.2, -0.15) is 11.8 Å². The molecule has 2 heterocycles. The van der Waals surface area contributed by atoms with Crippen molar-refractivity contribution in [3.8, 4) is 0 Å². The highest BCUT2D eigenvalue weighted by Gasteiger charge is 2.45. The molecule has 1 aromatic heterocycles. The van der Waals surface area contributed by atoms with Gasteiger partial charge in [-0.15, -0.1) is 11.3 Å². The van der Waals surface area contributed by atoms with Crippen LogP contribution in [0.1, 0.15) is 36.9 Å². The Morgan fingerprint density at radius 3 is 2.95 bits per heavy atom. The summed E-state index contributed by atoms with van der Waals surface area (Å²) in [5.41, 5.74) is 0.0276. The fraction of sp³-hybridized carbons (Fsp3) is 0.643. The summed E-state index contributed by atoms with van der Waals surface area (Å²) < 4.78 is 0. The normalized spacial score (nSPS) is 21.7. The van der Waals surface area contributed by atoms with Crippen LogP contribution in [0.3, 0.4) is 0 Å². The van der Waals surface area contributed by atoms with E-state index in [1.54, 1.807) is 30.0 Å². The van der Waals surface area contributed by atoms with Crippen LogP contribution in [0, 0.1) is 6.92 Å². The molecule has 1 amide bonds. The van der Waals surface area contributed by atoms with Gasteiger partial charge in [0.15, 0.2) is 0 Å². The van der Waals surface area contributed by atoms with E-state index in [2.05, 4.69) is 4.98 Å². The number of rotatable bonds is 6. The number of carbonyl (C=O) groups excluding carboxylic acids is 1. The van der Waals surface area contributed by atoms with E-state index < -0.39 is 11.5 Å². The predicted molar refractivity (Wildman–Crippen MR) is 84.6 cm³/mol. The first-order chi connectivity index (χ1) is 9.93. The second-order valence-electron chi connectivity index (χ2n) is 5.39. The molecule has 1 atom stereocenters. The minimum Gasteiger partial charge on any atom is -0.480 e. The van der Waals surface area contributed by atoms with Gasteiger partial charge in [-0.3, -0.25) is 4.79 Å². The Labute approximate surface area is 132 Å². The smallest absolute Gasteiger partial charge is 0.329 e. The van der Waals surface area contributed by atoms with E-state index >= 15 is 0 Å². The summed E-state index contributed by atoms with van der Waals surface area (Å²) in [5, 5.41) is 12.4. The van der Waals surface area contributed by atoms with Crippen LogP contribution < -0.4 is 0 Å². The second kappa shape index (κ2) is 6.79. The van der Waals surface area contributed by atoms with Crippen LogP contribution in [0.5, 0.6) is 0 Å². The molecule has 1 saturated heterocycles. The summed E-state index contributed by atoms with van der Waals surface area (Å²) in [6, 6.07) is 0. The van der Waals surface area contributed by atoms with Crippen molar-refractivity contribution in [2.24, 2.45) is 0 Å². The zero-order chi connectivity index (χ0) is 15.5. The lowest BCUT2D eigenvalue weighted by molar-refractivity contribution is -0.155. The number of carboxylic acids is 1. The van der Waals surface area contributed by atoms with Crippen molar-refractivity contribution in [2.75, 3.05) is 12.3 Å². The molecule has 1 aliphatic heterocycles. The minimum atomic E-state index is -1.02. The van der Waals surface area contributed by atoms with Crippen molar-refractivity contribution in [3.05, 3.63) is 16.1 Å². The number of thiazole rings is 1. The molecule has 1 aromatic rings. The summed E-state index contributed by atoms with van der Waals surface area (Å²) in [7, 11) is 0. The van der Waals surface area contributed by atoms with Crippen LogP contribution in [0.25, 0.3) is 0 Å². The van der Waals surface area contributed by atoms with Gasteiger partial charge >= 0.3 is 5.97 Å². The molecule has 2 rings (SSSR count). The summed E-state index contributed by atoms with van der Waals surface area (Å²) in [4.78, 5) is 29.5. The standard InChI is InChI=1S/C14H20N2O3S2/c1-10-15-11(9-21-10)8-20-7-4-12(17)16-6-3-5-14(16,2)13(18)19/h9H,3-8H2,1-2H3,(H,18,19). The highest BCUT2D eigenvalue weighted by Crippen LogP contribution is 2.30. The molecule has 1 unspecified atom stereocenters. The molecule has 0 radical (unpaired) electrons. The molecule has 0 spiro atoms. The maximum absolute atomic E-state index is 12.2. The number of amides is 1. The van der Waals surface area contributed by atoms with Gasteiger partial charge in [0, 0.05) is 29.9 Å². The Bertz CT molecular complexity index is 532. The van der Waals surface area contributed by atoms with E-state index in [0.29, 0.717) is 25.1 Å². The van der Waals surface area contributed by atoms with Crippen LogP contribution in [0.4, 0.5) is 0 Å². The maximum Gasteiger partial charge on any atom is 0.329 e. The highest BCUT2D eigenvalue weighted by atomic mass is 32.2. The number of thioether (sulfide) groups is 1. The predicted octanol–water partition coefficient (Wildman–Crippen LogP) is 2.54. The van der Waals surface area contributed by atoms with Crippen LogP contribution >= 0.6 is 23.1 Å². The monoisotopic (exact) mass is 328 g/mol. The summed E-state index contributed by atoms with van der Waals surface area (Å²) >= 11 is 3.29. The van der Waals surface area contributed by atoms with Gasteiger partial charge in [-0.05, 0) is 26.7 Å². The number of aliphatic carboxylic acids is 1. The Balaban J connectivity index is 1.78. The third-order valence-corrected chi connectivity index (χ3v) is 5.59. The van der Waals surface area contributed by atoms with Gasteiger partial charge in [-0.25, -0.2) is 9.78 Å². The third-order valence-electron chi connectivity index (χ3n) is 3.78. The third kappa shape index (κ3) is 3.77. The van der Waals surface area contributed by atoms with Crippen molar-refractivity contribution in [1.82, 2.24) is 9.88 Å². The molecule has 0 bridgehead atoms. The highest BCUT2D eigenvalue weighted by molar-refractivity contribution is 7.98. The molecule has 1 fully saturated rings. The summed E-state index contributed by atoms with van der Waals surface area (Å²) in [5.74, 6) is 0.536. The lowest BCUT2D eigenvalue weighted by Gasteiger charge is -2.31. The van der Waals surface area contributed by atoms with E-state index in [9.17, 15) is 14.7 Å². The molecule has 1 aliphatic rings. The molecule has 116 valence electrons. The fourth-order valence-electron chi connectivity index (χ4n) is 2.53. The van der Waals surface area contributed by atoms with Crippen LogP contribution in [-0.2, 0) is 15.3 Å². The van der Waals surface area contributed by atoms with Crippen molar-refractivity contribution in [3.63, 3.8) is 0 Å². The number of carboxylic acid groups (broad SMARTS) is 1. The van der Waals surface area contributed by atoms with Gasteiger partial charge in [0.2, 0.25) is 5.91 Å². The zero-order valence-electron chi connectivity index (χ0n) is 12.3. The van der Waals surface area contributed by atoms with Crippen molar-refractivity contribution in [2.45, 2.75) is 44.4 Å². The van der Waals surface area contributed by atoms with E-state index in [1.165, 1.54) is 4.90 Å². The number of hydrogen-bond donors (Lipinski definition) is 1. The Hall–Kier alpha value is -1.08. The lowest BCUT2D eigenvalue weighted by atomic mass is 9.99. The fourth-order valence-corrected chi connectivity index (χ4v) is 4.07. The largest absolute Gasteiger partial charge is 0.480 e. The number of aryl methyl sites for hydroxylation is 1. The number of nitrogens with zero attached hydrogens (tertiary/aromatic N) is 2. The molecule has 5 nitrogen and oxygen atoms in total. The second-order valence-corrected chi connectivity index (χ2v) is 7.56. The van der Waals surface area contributed by atoms with Crippen LogP contribution in [0.2, 0.25) is 0 Å². The van der Waals surface area contributed by atoms with Crippen molar-refractivity contribution >= 4 is 35.0 Å². The molecule has 7 heteroatoms. The van der Waals surface area contributed by atoms with E-state index in [1.807, 2.05) is 12.3 Å². The van der Waals surface area contributed by atoms with Gasteiger partial charge in [0.05, 0.1) is 10.7 Å². The Morgan fingerprint density at radius 1 is 1.57 bits per heavy atom. The first-order valence-electron chi connectivity index (χ1n) is 6.96. The first kappa shape index (κ1) is 16.3. The molecule has 21 heavy (non-hydrogen) atoms. The van der Waals surface area contributed by atoms with Gasteiger partial charge in [-0.1, -0.05) is 0 Å². The van der Waals surface area contributed by atoms with Gasteiger partial charge in [0.25, 0.3) is 0 Å². The zero-order valence-corrected chi connectivity index (χ0v) is 13.9. The van der Waals surface area contributed by atoms with E-state index in [-0.39, 0.29) is 5.91 Å². The maximum atomic E-state index is 12.2. The number of carbonyl (C=O) groups is 2. The Morgan fingerprint density at radius 2 is 2.33 bits per heavy atom. The van der Waals surface area contributed by atoms with Crippen LogP contribution in [-0.4, -0.2) is 44.7 Å². The number of hydrogen-bond acceptors (Lipinski definition) is 5. The average molecular weight is 328 g/mol. The molecular weight excluding hydrogens is 308 g/mol. The van der Waals surface area contributed by atoms with E-state index in [0.717, 1.165) is 22.9 Å². The lowest BCUT2D eigenvalue weighted by Crippen LogP contribution is -2.50. The van der Waals surface area contributed by atoms with Crippen molar-refractivity contribution in [1.29, 1.82) is 0 Å². The topological polar surface area (TPSA) is 70.5 Å². The van der Waals surface area contributed by atoms with Crippen molar-refractivity contribution < 1.29 is 14.7 Å². The average Bonchev–Trinajstić information content (AvgIpc) is 3.01. The first-order valence-corrected chi connectivity index (χ1v) is 8.99. The SMILES string of the molecule is Cc1nc(CSCCC(=O)N2CCCC2(C)C(=O)O)cs1. The molecule has 0 aromatic carbocycles. The molecular formula is C14H20N2O3S2. The molecule has 1 N–H and O–H groups in total. The molecule has 0 saturated carbocycles. The molecule has 0 aliphatic carbocycles. The quantitative estimate of drug-likeness (QED) is 0.813. The summed E-state index contributed by atoms with van der Waals surface area (Å²) in [6.45, 7) is 4.17. The van der Waals surface area contributed by atoms with Gasteiger partial charge < -0.3 is 10.0 Å².